The van der Waals surface area contributed by atoms with Crippen molar-refractivity contribution in [2.45, 2.75) is 64.8 Å². The molecule has 2 aromatic heterocycles. The SMILES string of the molecule is Cc1ncoc1COc1ccc2c(c1C)CCN(C[C@@H](O)CNC(=O)c1cc(NC3CCC3)ncn1)C2.S. The van der Waals surface area contributed by atoms with Crippen molar-refractivity contribution in [2.24, 2.45) is 0 Å². The van der Waals surface area contributed by atoms with Crippen LogP contribution in [0.2, 0.25) is 0 Å². The first-order valence-corrected chi connectivity index (χ1v) is 12.9. The molecular weight excluding hydrogens is 504 g/mol. The predicted molar refractivity (Wildman–Crippen MR) is 148 cm³/mol. The van der Waals surface area contributed by atoms with Gasteiger partial charge >= 0.3 is 0 Å². The molecule has 1 aliphatic heterocycles. The van der Waals surface area contributed by atoms with E-state index < -0.39 is 6.10 Å². The Morgan fingerprint density at radius 2 is 2.11 bits per heavy atom. The second-order valence-electron chi connectivity index (χ2n) is 9.89. The number of amides is 1. The van der Waals surface area contributed by atoms with Gasteiger partial charge in [-0.05, 0) is 62.3 Å². The van der Waals surface area contributed by atoms with Gasteiger partial charge in [0.15, 0.2) is 12.2 Å². The van der Waals surface area contributed by atoms with Gasteiger partial charge in [0.25, 0.3) is 5.91 Å². The van der Waals surface area contributed by atoms with Crippen LogP contribution in [0.3, 0.4) is 0 Å². The fraction of sp³-hybridized carbons (Fsp3) is 0.481. The summed E-state index contributed by atoms with van der Waals surface area (Å²) in [6, 6.07) is 6.17. The molecule has 3 heterocycles. The maximum Gasteiger partial charge on any atom is 0.270 e. The number of aliphatic hydroxyl groups is 1. The van der Waals surface area contributed by atoms with E-state index in [0.29, 0.717) is 30.7 Å². The quantitative estimate of drug-likeness (QED) is 0.356. The van der Waals surface area contributed by atoms with Gasteiger partial charge in [-0.15, -0.1) is 0 Å². The summed E-state index contributed by atoms with van der Waals surface area (Å²) in [4.78, 5) is 27.2. The lowest BCUT2D eigenvalue weighted by atomic mass is 9.93. The number of carbonyl (C=O) groups excluding carboxylic acids is 1. The van der Waals surface area contributed by atoms with Gasteiger partial charge in [0, 0.05) is 38.3 Å². The van der Waals surface area contributed by atoms with Crippen LogP contribution in [0.25, 0.3) is 0 Å². The number of oxazole rings is 1. The number of hydrogen-bond donors (Lipinski definition) is 3. The van der Waals surface area contributed by atoms with Crippen molar-refractivity contribution in [1.29, 1.82) is 0 Å². The minimum Gasteiger partial charge on any atom is -0.485 e. The molecule has 0 unspecified atom stereocenters. The van der Waals surface area contributed by atoms with E-state index in [4.69, 9.17) is 9.15 Å². The maximum absolute atomic E-state index is 12.6. The Labute approximate surface area is 229 Å². The number of ether oxygens (including phenoxy) is 1. The number of nitrogens with one attached hydrogen (secondary N) is 2. The number of fused-ring (bicyclic) bond motifs is 1. The van der Waals surface area contributed by atoms with Gasteiger partial charge in [-0.2, -0.15) is 13.5 Å². The highest BCUT2D eigenvalue weighted by Gasteiger charge is 2.23. The molecule has 204 valence electrons. The minimum atomic E-state index is -0.686. The lowest BCUT2D eigenvalue weighted by Gasteiger charge is -2.31. The first kappa shape index (κ1) is 27.9. The van der Waals surface area contributed by atoms with Crippen LogP contribution >= 0.6 is 13.5 Å². The number of aryl methyl sites for hydroxylation is 1. The maximum atomic E-state index is 12.6. The zero-order valence-corrected chi connectivity index (χ0v) is 22.9. The molecule has 1 aliphatic carbocycles. The normalized spacial score (nSPS) is 16.1. The number of rotatable bonds is 10. The molecule has 0 bridgehead atoms. The average molecular weight is 541 g/mol. The summed E-state index contributed by atoms with van der Waals surface area (Å²) in [5.41, 5.74) is 4.79. The van der Waals surface area contributed by atoms with E-state index in [1.807, 2.05) is 13.0 Å². The van der Waals surface area contributed by atoms with Crippen molar-refractivity contribution in [2.75, 3.05) is 25.0 Å². The van der Waals surface area contributed by atoms with Crippen molar-refractivity contribution in [3.05, 3.63) is 64.8 Å². The first-order chi connectivity index (χ1) is 18.0. The summed E-state index contributed by atoms with van der Waals surface area (Å²) in [6.07, 6.45) is 6.47. The highest BCUT2D eigenvalue weighted by Crippen LogP contribution is 2.30. The molecule has 0 spiro atoms. The van der Waals surface area contributed by atoms with Crippen molar-refractivity contribution in [3.8, 4) is 5.75 Å². The van der Waals surface area contributed by atoms with Crippen molar-refractivity contribution >= 4 is 25.2 Å². The second kappa shape index (κ2) is 12.6. The van der Waals surface area contributed by atoms with E-state index in [0.717, 1.165) is 55.1 Å². The summed E-state index contributed by atoms with van der Waals surface area (Å²) in [5, 5.41) is 16.7. The molecule has 2 aliphatic rings. The molecule has 11 heteroatoms. The van der Waals surface area contributed by atoms with Gasteiger partial charge in [0.1, 0.15) is 30.2 Å². The van der Waals surface area contributed by atoms with E-state index in [9.17, 15) is 9.90 Å². The molecule has 10 nitrogen and oxygen atoms in total. The Bertz CT molecular complexity index is 1250. The molecule has 0 saturated heterocycles. The standard InChI is InChI=1S/C27H34N6O4.H2S/c1-17-22-8-9-33(12-19(22)6-7-24(17)36-14-25-18(2)31-16-37-25)13-21(34)11-28-27(35)23-10-26(30-15-29-23)32-20-4-3-5-20;/h6-7,10,15-16,20-21,34H,3-5,8-9,11-14H2,1-2H3,(H,28,35)(H,29,30,32);1H2/t21-;/m0./s1. The van der Waals surface area contributed by atoms with Crippen molar-refractivity contribution in [1.82, 2.24) is 25.2 Å². The molecule has 5 rings (SSSR count). The fourth-order valence-electron chi connectivity index (χ4n) is 4.78. The van der Waals surface area contributed by atoms with E-state index >= 15 is 0 Å². The fourth-order valence-corrected chi connectivity index (χ4v) is 4.78. The second-order valence-corrected chi connectivity index (χ2v) is 9.89. The third-order valence-electron chi connectivity index (χ3n) is 7.25. The van der Waals surface area contributed by atoms with E-state index in [1.54, 1.807) is 6.07 Å². The molecule has 1 fully saturated rings. The minimum absolute atomic E-state index is 0. The highest BCUT2D eigenvalue weighted by atomic mass is 32.1. The van der Waals surface area contributed by atoms with Crippen LogP contribution in [0.4, 0.5) is 5.82 Å². The molecule has 1 amide bonds. The molecule has 1 aromatic carbocycles. The Hall–Kier alpha value is -3.15. The Balaban J connectivity index is 0.00000336. The van der Waals surface area contributed by atoms with Crippen LogP contribution in [0.15, 0.2) is 35.3 Å². The lowest BCUT2D eigenvalue weighted by Crippen LogP contribution is -2.42. The van der Waals surface area contributed by atoms with Gasteiger partial charge in [-0.25, -0.2) is 15.0 Å². The Morgan fingerprint density at radius 1 is 1.26 bits per heavy atom. The van der Waals surface area contributed by atoms with Crippen LogP contribution in [-0.4, -0.2) is 62.6 Å². The topological polar surface area (TPSA) is 126 Å². The molecule has 1 atom stereocenters. The number of carbonyl (C=O) groups is 1. The number of β-amino-alcohol motifs (C(OH)–C–C–N with tert-alkyl or cyclic N) is 1. The molecule has 1 saturated carbocycles. The lowest BCUT2D eigenvalue weighted by molar-refractivity contribution is 0.0837. The van der Waals surface area contributed by atoms with Gasteiger partial charge in [0.05, 0.1) is 11.8 Å². The number of aliphatic hydroxyl groups excluding tert-OH is 1. The molecule has 38 heavy (non-hydrogen) atoms. The zero-order chi connectivity index (χ0) is 25.8. The van der Waals surface area contributed by atoms with E-state index in [2.05, 4.69) is 43.5 Å². The highest BCUT2D eigenvalue weighted by molar-refractivity contribution is 7.59. The monoisotopic (exact) mass is 540 g/mol. The third kappa shape index (κ3) is 6.64. The van der Waals surface area contributed by atoms with Crippen LogP contribution in [-0.2, 0) is 19.6 Å². The molecule has 3 aromatic rings. The summed E-state index contributed by atoms with van der Waals surface area (Å²) in [6.45, 7) is 6.53. The Morgan fingerprint density at radius 3 is 2.84 bits per heavy atom. The average Bonchev–Trinajstić information content (AvgIpc) is 3.29. The largest absolute Gasteiger partial charge is 0.485 e. The molecule has 3 N–H and O–H groups in total. The summed E-state index contributed by atoms with van der Waals surface area (Å²) >= 11 is 0. The number of hydrogen-bond acceptors (Lipinski definition) is 9. The van der Waals surface area contributed by atoms with E-state index in [-0.39, 0.29) is 25.9 Å². The number of benzene rings is 1. The van der Waals surface area contributed by atoms with Gasteiger partial charge in [-0.1, -0.05) is 6.07 Å². The number of nitrogens with zero attached hydrogens (tertiary/aromatic N) is 4. The van der Waals surface area contributed by atoms with Crippen LogP contribution < -0.4 is 15.4 Å². The van der Waals surface area contributed by atoms with Crippen molar-refractivity contribution in [3.63, 3.8) is 0 Å². The first-order valence-electron chi connectivity index (χ1n) is 12.9. The molecule has 0 radical (unpaired) electrons. The third-order valence-corrected chi connectivity index (χ3v) is 7.25. The number of aromatic nitrogens is 3. The van der Waals surface area contributed by atoms with Gasteiger partial charge in [-0.3, -0.25) is 9.69 Å². The van der Waals surface area contributed by atoms with E-state index in [1.165, 1.54) is 30.3 Å². The van der Waals surface area contributed by atoms with Crippen LogP contribution in [0, 0.1) is 13.8 Å². The van der Waals surface area contributed by atoms with Gasteiger partial charge in [0.2, 0.25) is 0 Å². The van der Waals surface area contributed by atoms with Gasteiger partial charge < -0.3 is 24.9 Å². The predicted octanol–water partition coefficient (Wildman–Crippen LogP) is 2.89. The summed E-state index contributed by atoms with van der Waals surface area (Å²) < 4.78 is 11.4. The zero-order valence-electron chi connectivity index (χ0n) is 21.9. The van der Waals surface area contributed by atoms with Crippen LogP contribution in [0.5, 0.6) is 5.75 Å². The van der Waals surface area contributed by atoms with Crippen molar-refractivity contribution < 1.29 is 19.1 Å². The smallest absolute Gasteiger partial charge is 0.270 e. The summed E-state index contributed by atoms with van der Waals surface area (Å²) in [7, 11) is 0. The summed E-state index contributed by atoms with van der Waals surface area (Å²) in [5.74, 6) is 1.93. The Kier molecular flexibility index (Phi) is 9.24. The van der Waals surface area contributed by atoms with Crippen LogP contribution in [0.1, 0.15) is 57.9 Å². The molecular formula is C27H36N6O4S. The number of anilines is 1.